The molecule has 148 valence electrons. The minimum Gasteiger partial charge on any atom is -0.543 e. The van der Waals surface area contributed by atoms with E-state index < -0.39 is 16.8 Å². The Balaban J connectivity index is 1.93. The molecule has 11 heteroatoms. The van der Waals surface area contributed by atoms with Crippen molar-refractivity contribution >= 4 is 75.0 Å². The number of nitrogens with zero attached hydrogens (tertiary/aromatic N) is 1. The molecule has 0 atom stereocenters. The van der Waals surface area contributed by atoms with E-state index in [4.69, 9.17) is 34.8 Å². The third kappa shape index (κ3) is 4.34. The highest BCUT2D eigenvalue weighted by Crippen LogP contribution is 2.33. The fraction of sp³-hybridized carbons (Fsp3) is 0. The summed E-state index contributed by atoms with van der Waals surface area (Å²) in [5, 5.41) is 25.5. The zero-order valence-corrected chi connectivity index (χ0v) is 16.4. The number of rotatable bonds is 5. The van der Waals surface area contributed by atoms with Gasteiger partial charge in [0.2, 0.25) is 5.91 Å². The smallest absolute Gasteiger partial charge is 0.289 e. The largest absolute Gasteiger partial charge is 0.543 e. The van der Waals surface area contributed by atoms with E-state index in [9.17, 15) is 24.8 Å². The molecule has 0 saturated heterocycles. The lowest BCUT2D eigenvalue weighted by molar-refractivity contribution is -0.384. The molecule has 2 N–H and O–H groups in total. The Bertz CT molecular complexity index is 1200. The number of nitro groups is 1. The third-order valence-corrected chi connectivity index (χ3v) is 4.71. The quantitative estimate of drug-likeness (QED) is 0.342. The molecule has 3 aromatic rings. The molecule has 0 saturated carbocycles. The molecular formula is C18H9Cl3N3O5-. The lowest BCUT2D eigenvalue weighted by Crippen LogP contribution is -2.23. The van der Waals surface area contributed by atoms with Crippen LogP contribution >= 0.6 is 34.8 Å². The van der Waals surface area contributed by atoms with Crippen LogP contribution in [0.5, 0.6) is 0 Å². The van der Waals surface area contributed by atoms with Crippen LogP contribution in [-0.2, 0) is 4.79 Å². The standard InChI is InChI=1S/C18H10Cl3N3O5/c19-8-5-12(21)16-10(17(18(26)27)23-13(16)6-8)2-4-15(25)22-9-1-3-11(20)14(7-9)24(28)29/h1-7,23H,(H,22,25)(H,26,27)/p-1/b4-2+. The first-order valence-corrected chi connectivity index (χ1v) is 8.96. The molecule has 0 radical (unpaired) electrons. The Labute approximate surface area is 177 Å². The summed E-state index contributed by atoms with van der Waals surface area (Å²) in [6, 6.07) is 6.68. The fourth-order valence-corrected chi connectivity index (χ4v) is 3.46. The molecule has 0 aliphatic rings. The first-order valence-electron chi connectivity index (χ1n) is 7.82. The average Bonchev–Trinajstić information content (AvgIpc) is 3.00. The molecule has 0 unspecified atom stereocenters. The number of aromatic carboxylic acids is 1. The maximum absolute atomic E-state index is 12.2. The van der Waals surface area contributed by atoms with Crippen LogP contribution in [0.4, 0.5) is 11.4 Å². The number of carboxylic acid groups (broad SMARTS) is 1. The molecule has 2 aromatic carbocycles. The van der Waals surface area contributed by atoms with Crippen LogP contribution in [0.25, 0.3) is 17.0 Å². The fourth-order valence-electron chi connectivity index (χ4n) is 2.67. The van der Waals surface area contributed by atoms with Crippen molar-refractivity contribution in [1.29, 1.82) is 0 Å². The molecule has 1 aromatic heterocycles. The molecule has 8 nitrogen and oxygen atoms in total. The normalized spacial score (nSPS) is 11.1. The highest BCUT2D eigenvalue weighted by molar-refractivity contribution is 6.39. The molecule has 0 spiro atoms. The number of hydrogen-bond acceptors (Lipinski definition) is 5. The lowest BCUT2D eigenvalue weighted by atomic mass is 10.1. The summed E-state index contributed by atoms with van der Waals surface area (Å²) in [5.74, 6) is -2.16. The third-order valence-electron chi connectivity index (χ3n) is 3.87. The van der Waals surface area contributed by atoms with Gasteiger partial charge in [-0.3, -0.25) is 14.9 Å². The first kappa shape index (κ1) is 20.7. The minimum atomic E-state index is -1.50. The number of aromatic amines is 1. The summed E-state index contributed by atoms with van der Waals surface area (Å²) in [6.45, 7) is 0. The van der Waals surface area contributed by atoms with Gasteiger partial charge in [-0.2, -0.15) is 0 Å². The summed E-state index contributed by atoms with van der Waals surface area (Å²) in [4.78, 5) is 36.5. The van der Waals surface area contributed by atoms with Crippen LogP contribution in [0, 0.1) is 10.1 Å². The number of H-pyrrole nitrogens is 1. The van der Waals surface area contributed by atoms with Crippen molar-refractivity contribution < 1.29 is 19.6 Å². The zero-order chi connectivity index (χ0) is 21.3. The second-order valence-electron chi connectivity index (χ2n) is 5.76. The van der Waals surface area contributed by atoms with Gasteiger partial charge in [0.15, 0.2) is 0 Å². The van der Waals surface area contributed by atoms with Crippen LogP contribution in [0.15, 0.2) is 36.4 Å². The van der Waals surface area contributed by atoms with E-state index in [1.807, 2.05) is 0 Å². The average molecular weight is 454 g/mol. The van der Waals surface area contributed by atoms with Crippen LogP contribution < -0.4 is 10.4 Å². The number of aromatic nitrogens is 1. The highest BCUT2D eigenvalue weighted by atomic mass is 35.5. The Hall–Kier alpha value is -3.07. The number of carboxylic acids is 1. The van der Waals surface area contributed by atoms with E-state index in [0.717, 1.165) is 12.1 Å². The molecule has 3 rings (SSSR count). The Morgan fingerprint density at radius 1 is 1.10 bits per heavy atom. The molecule has 1 amide bonds. The van der Waals surface area contributed by atoms with Gasteiger partial charge in [-0.1, -0.05) is 34.8 Å². The predicted molar refractivity (Wildman–Crippen MR) is 108 cm³/mol. The second kappa shape index (κ2) is 8.12. The number of amides is 1. The number of carbonyl (C=O) groups is 2. The van der Waals surface area contributed by atoms with Crippen LogP contribution in [0.1, 0.15) is 16.1 Å². The molecule has 29 heavy (non-hydrogen) atoms. The van der Waals surface area contributed by atoms with Gasteiger partial charge in [-0.25, -0.2) is 0 Å². The van der Waals surface area contributed by atoms with Crippen molar-refractivity contribution in [3.63, 3.8) is 0 Å². The maximum atomic E-state index is 12.2. The number of anilines is 1. The van der Waals surface area contributed by atoms with Crippen molar-refractivity contribution in [1.82, 2.24) is 4.98 Å². The van der Waals surface area contributed by atoms with Crippen molar-refractivity contribution in [2.24, 2.45) is 0 Å². The van der Waals surface area contributed by atoms with E-state index in [2.05, 4.69) is 10.3 Å². The first-order chi connectivity index (χ1) is 13.7. The molecular weight excluding hydrogens is 445 g/mol. The maximum Gasteiger partial charge on any atom is 0.289 e. The number of nitrogens with one attached hydrogen (secondary N) is 2. The van der Waals surface area contributed by atoms with Crippen molar-refractivity contribution in [3.8, 4) is 0 Å². The molecule has 0 bridgehead atoms. The second-order valence-corrected chi connectivity index (χ2v) is 7.01. The van der Waals surface area contributed by atoms with E-state index >= 15 is 0 Å². The highest BCUT2D eigenvalue weighted by Gasteiger charge is 2.16. The van der Waals surface area contributed by atoms with Crippen LogP contribution in [0.2, 0.25) is 15.1 Å². The number of fused-ring (bicyclic) bond motifs is 1. The van der Waals surface area contributed by atoms with Gasteiger partial charge in [0.25, 0.3) is 5.69 Å². The van der Waals surface area contributed by atoms with E-state index in [0.29, 0.717) is 15.9 Å². The lowest BCUT2D eigenvalue weighted by Gasteiger charge is -2.04. The number of halogens is 3. The molecule has 0 aliphatic heterocycles. The number of nitro benzene ring substituents is 1. The molecule has 0 aliphatic carbocycles. The van der Waals surface area contributed by atoms with Crippen LogP contribution in [0.3, 0.4) is 0 Å². The van der Waals surface area contributed by atoms with E-state index in [-0.39, 0.29) is 32.7 Å². The van der Waals surface area contributed by atoms with E-state index in [1.165, 1.54) is 30.3 Å². The van der Waals surface area contributed by atoms with Gasteiger partial charge in [0, 0.05) is 39.3 Å². The molecule has 1 heterocycles. The SMILES string of the molecule is O=C(/C=C/c1c(C(=O)[O-])[nH]c2cc(Cl)cc(Cl)c12)Nc1ccc(Cl)c([N+](=O)[O-])c1. The van der Waals surface area contributed by atoms with Gasteiger partial charge in [0.1, 0.15) is 5.02 Å². The topological polar surface area (TPSA) is 128 Å². The van der Waals surface area contributed by atoms with Gasteiger partial charge < -0.3 is 20.2 Å². The van der Waals surface area contributed by atoms with E-state index in [1.54, 1.807) is 0 Å². The summed E-state index contributed by atoms with van der Waals surface area (Å²) >= 11 is 17.8. The zero-order valence-electron chi connectivity index (χ0n) is 14.2. The summed E-state index contributed by atoms with van der Waals surface area (Å²) in [7, 11) is 0. The van der Waals surface area contributed by atoms with Crippen molar-refractivity contribution in [2.45, 2.75) is 0 Å². The predicted octanol–water partition coefficient (Wildman–Crippen LogP) is 4.05. The summed E-state index contributed by atoms with van der Waals surface area (Å²) < 4.78 is 0. The van der Waals surface area contributed by atoms with Crippen LogP contribution in [-0.4, -0.2) is 21.8 Å². The summed E-state index contributed by atoms with van der Waals surface area (Å²) in [5.41, 5.74) is -0.0306. The van der Waals surface area contributed by atoms with Gasteiger partial charge in [-0.05, 0) is 30.3 Å². The monoisotopic (exact) mass is 452 g/mol. The number of benzene rings is 2. The minimum absolute atomic E-state index is 0.0748. The number of hydrogen-bond donors (Lipinski definition) is 2. The number of carbonyl (C=O) groups excluding carboxylic acids is 2. The van der Waals surface area contributed by atoms with Gasteiger partial charge in [-0.15, -0.1) is 0 Å². The van der Waals surface area contributed by atoms with Crippen molar-refractivity contribution in [3.05, 3.63) is 72.8 Å². The van der Waals surface area contributed by atoms with Gasteiger partial charge in [0.05, 0.1) is 21.6 Å². The van der Waals surface area contributed by atoms with Gasteiger partial charge >= 0.3 is 0 Å². The van der Waals surface area contributed by atoms with Crippen molar-refractivity contribution in [2.75, 3.05) is 5.32 Å². The summed E-state index contributed by atoms with van der Waals surface area (Å²) in [6.07, 6.45) is 2.30. The Morgan fingerprint density at radius 2 is 1.83 bits per heavy atom. The Kier molecular flexibility index (Phi) is 5.78. The molecule has 0 fully saturated rings. The Morgan fingerprint density at radius 3 is 2.48 bits per heavy atom.